The number of rotatable bonds is 17. The predicted molar refractivity (Wildman–Crippen MR) is 148 cm³/mol. The van der Waals surface area contributed by atoms with Gasteiger partial charge in [0, 0.05) is 0 Å². The summed E-state index contributed by atoms with van der Waals surface area (Å²) in [7, 11) is -4.92. The van der Waals surface area contributed by atoms with E-state index in [2.05, 4.69) is 83.4 Å². The number of hydrogen-bond acceptors (Lipinski definition) is 4. The van der Waals surface area contributed by atoms with E-state index in [1.165, 1.54) is 27.9 Å². The van der Waals surface area contributed by atoms with E-state index in [1.807, 2.05) is 6.92 Å². The van der Waals surface area contributed by atoms with Crippen LogP contribution in [0.15, 0.2) is 69.9 Å². The third kappa shape index (κ3) is 27.9. The van der Waals surface area contributed by atoms with Crippen LogP contribution in [0.3, 0.4) is 0 Å². The smallest absolute Gasteiger partial charge is 0.790 e. The van der Waals surface area contributed by atoms with Crippen LogP contribution in [0.2, 0.25) is 0 Å². The van der Waals surface area contributed by atoms with Crippen molar-refractivity contribution < 1.29 is 78.0 Å². The van der Waals surface area contributed by atoms with Gasteiger partial charge < -0.3 is 18.9 Å². The molecule has 0 rings (SSSR count). The molecule has 0 aromatic rings. The molecule has 1 unspecified atom stereocenters. The first-order valence-electron chi connectivity index (χ1n) is 12.9. The molecule has 200 valence electrons. The van der Waals surface area contributed by atoms with E-state index in [0.717, 1.165) is 50.5 Å². The SMILES string of the molecule is CC(C)=CCC/C(C)=C/CC/C(C)=C/C/C(=C\C/C(C)=C/COP(=O)([O-])[O-])C(C)CCC=C(C)C.[Na+].[Na+]. The van der Waals surface area contributed by atoms with Crippen LogP contribution in [0.5, 0.6) is 0 Å². The molecule has 0 N–H and O–H groups in total. The van der Waals surface area contributed by atoms with Crippen molar-refractivity contribution in [2.75, 3.05) is 6.61 Å². The Morgan fingerprint density at radius 3 is 1.76 bits per heavy atom. The van der Waals surface area contributed by atoms with Gasteiger partial charge in [-0.3, -0.25) is 0 Å². The van der Waals surface area contributed by atoms with E-state index in [4.69, 9.17) is 0 Å². The van der Waals surface area contributed by atoms with Gasteiger partial charge in [-0.1, -0.05) is 76.8 Å². The van der Waals surface area contributed by atoms with Crippen LogP contribution in [-0.4, -0.2) is 6.61 Å². The molecule has 4 nitrogen and oxygen atoms in total. The summed E-state index contributed by atoms with van der Waals surface area (Å²) in [5, 5.41) is 0. The molecule has 0 aromatic heterocycles. The molecule has 0 aliphatic heterocycles. The first kappa shape index (κ1) is 42.0. The van der Waals surface area contributed by atoms with Crippen LogP contribution in [0, 0.1) is 5.92 Å². The maximum Gasteiger partial charge on any atom is 1.00 e. The molecular weight excluding hydrogens is 501 g/mol. The molecule has 0 aliphatic rings. The molecule has 1 atom stereocenters. The summed E-state index contributed by atoms with van der Waals surface area (Å²) in [6, 6.07) is 0. The third-order valence-corrected chi connectivity index (χ3v) is 6.41. The van der Waals surface area contributed by atoms with Gasteiger partial charge in [-0.15, -0.1) is 0 Å². The minimum absolute atomic E-state index is 0. The van der Waals surface area contributed by atoms with Crippen molar-refractivity contribution >= 4 is 7.82 Å². The van der Waals surface area contributed by atoms with Crippen molar-refractivity contribution in [3.8, 4) is 0 Å². The molecule has 0 saturated carbocycles. The van der Waals surface area contributed by atoms with E-state index in [1.54, 1.807) is 6.08 Å². The van der Waals surface area contributed by atoms with E-state index in [9.17, 15) is 14.4 Å². The van der Waals surface area contributed by atoms with Crippen molar-refractivity contribution in [2.24, 2.45) is 5.92 Å². The standard InChI is InChI=1S/C30H51O4P.2Na/c1-24(2)12-9-14-26(5)15-11-16-27(6)18-20-30(29(8)17-10-13-25(3)4)21-19-28(7)22-23-34-35(31,32)33;;/h12-13,15,18,21-22,29H,9-11,14,16-17,19-20,23H2,1-8H3,(H2,31,32,33);;/q;2*+1/p-2/b26-15+,27-18+,28-22+,30-21+;;. The minimum atomic E-state index is -4.92. The molecular formula is C30H49Na2O4P. The van der Waals surface area contributed by atoms with E-state index in [0.29, 0.717) is 12.3 Å². The van der Waals surface area contributed by atoms with Gasteiger partial charge in [-0.2, -0.15) is 0 Å². The fourth-order valence-electron chi connectivity index (χ4n) is 3.57. The zero-order valence-electron chi connectivity index (χ0n) is 25.5. The number of allylic oxidation sites excluding steroid dienone is 11. The van der Waals surface area contributed by atoms with E-state index >= 15 is 0 Å². The Kier molecular flexibility index (Phi) is 27.7. The Hall–Kier alpha value is 0.550. The molecule has 7 heteroatoms. The Morgan fingerprint density at radius 2 is 1.22 bits per heavy atom. The van der Waals surface area contributed by atoms with Crippen molar-refractivity contribution in [1.29, 1.82) is 0 Å². The largest absolute Gasteiger partial charge is 1.00 e. The molecule has 0 heterocycles. The monoisotopic (exact) mass is 550 g/mol. The number of hydrogen-bond donors (Lipinski definition) is 0. The summed E-state index contributed by atoms with van der Waals surface area (Å²) in [4.78, 5) is 21.3. The minimum Gasteiger partial charge on any atom is -0.790 e. The molecule has 0 fully saturated rings. The first-order valence-corrected chi connectivity index (χ1v) is 14.3. The van der Waals surface area contributed by atoms with Gasteiger partial charge in [0.15, 0.2) is 0 Å². The summed E-state index contributed by atoms with van der Waals surface area (Å²) < 4.78 is 15.0. The summed E-state index contributed by atoms with van der Waals surface area (Å²) in [5.41, 5.74) is 7.97. The molecule has 37 heavy (non-hydrogen) atoms. The molecule has 0 bridgehead atoms. The Bertz CT molecular complexity index is 853. The second-order valence-corrected chi connectivity index (χ2v) is 11.4. The van der Waals surface area contributed by atoms with E-state index < -0.39 is 7.82 Å². The predicted octanol–water partition coefficient (Wildman–Crippen LogP) is 2.29. The quantitative estimate of drug-likeness (QED) is 0.158. The van der Waals surface area contributed by atoms with Gasteiger partial charge >= 0.3 is 59.1 Å². The molecule has 0 radical (unpaired) electrons. The van der Waals surface area contributed by atoms with E-state index in [-0.39, 0.29) is 65.7 Å². The second kappa shape index (κ2) is 24.4. The Morgan fingerprint density at radius 1 is 0.703 bits per heavy atom. The van der Waals surface area contributed by atoms with Crippen LogP contribution < -0.4 is 68.9 Å². The van der Waals surface area contributed by atoms with Gasteiger partial charge in [0.25, 0.3) is 0 Å². The Balaban J connectivity index is -0.00000578. The fraction of sp³-hybridized carbons (Fsp3) is 0.600. The number of phosphoric acid groups is 1. The van der Waals surface area contributed by atoms with Crippen molar-refractivity contribution in [3.63, 3.8) is 0 Å². The van der Waals surface area contributed by atoms with Crippen molar-refractivity contribution in [3.05, 3.63) is 69.9 Å². The van der Waals surface area contributed by atoms with Gasteiger partial charge in [0.1, 0.15) is 0 Å². The average Bonchev–Trinajstić information content (AvgIpc) is 2.72. The summed E-state index contributed by atoms with van der Waals surface area (Å²) in [6.45, 7) is 17.0. The maximum absolute atomic E-state index is 10.6. The van der Waals surface area contributed by atoms with Crippen LogP contribution >= 0.6 is 7.82 Å². The molecule has 0 saturated heterocycles. The van der Waals surface area contributed by atoms with Crippen molar-refractivity contribution in [2.45, 2.75) is 107 Å². The van der Waals surface area contributed by atoms with Crippen molar-refractivity contribution in [1.82, 2.24) is 0 Å². The average molecular weight is 551 g/mol. The fourth-order valence-corrected chi connectivity index (χ4v) is 3.83. The number of phosphoric ester groups is 1. The van der Waals surface area contributed by atoms with Crippen LogP contribution in [0.1, 0.15) is 107 Å². The second-order valence-electron chi connectivity index (χ2n) is 10.2. The normalized spacial score (nSPS) is 13.9. The zero-order chi connectivity index (χ0) is 26.9. The summed E-state index contributed by atoms with van der Waals surface area (Å²) >= 11 is 0. The van der Waals surface area contributed by atoms with Crippen LogP contribution in [0.25, 0.3) is 0 Å². The van der Waals surface area contributed by atoms with Gasteiger partial charge in [0.05, 0.1) is 14.4 Å². The maximum atomic E-state index is 10.6. The van der Waals surface area contributed by atoms with Gasteiger partial charge in [-0.05, 0) is 106 Å². The molecule has 0 aromatic carbocycles. The topological polar surface area (TPSA) is 72.4 Å². The molecule has 0 spiro atoms. The van der Waals surface area contributed by atoms with Gasteiger partial charge in [-0.25, -0.2) is 0 Å². The zero-order valence-corrected chi connectivity index (χ0v) is 30.4. The van der Waals surface area contributed by atoms with Crippen LogP contribution in [-0.2, 0) is 9.09 Å². The van der Waals surface area contributed by atoms with Crippen LogP contribution in [0.4, 0.5) is 0 Å². The third-order valence-electron chi connectivity index (χ3n) is 5.94. The first-order chi connectivity index (χ1) is 16.3. The van der Waals surface area contributed by atoms with Gasteiger partial charge in [0.2, 0.25) is 0 Å². The summed E-state index contributed by atoms with van der Waals surface area (Å²) in [6.07, 6.45) is 21.4. The molecule has 0 aliphatic carbocycles. The summed E-state index contributed by atoms with van der Waals surface area (Å²) in [5.74, 6) is 0.458. The Labute approximate surface area is 272 Å². The molecule has 0 amide bonds.